The molecule has 0 spiro atoms. The maximum Gasteiger partial charge on any atom is 0.409 e. The van der Waals surface area contributed by atoms with Gasteiger partial charge in [-0.2, -0.15) is 0 Å². The van der Waals surface area contributed by atoms with Gasteiger partial charge in [0.05, 0.1) is 19.8 Å². The van der Waals surface area contributed by atoms with Gasteiger partial charge < -0.3 is 25.0 Å². The molecule has 2 heterocycles. The van der Waals surface area contributed by atoms with Crippen LogP contribution >= 0.6 is 0 Å². The number of carbonyl (C=O) groups is 1. The highest BCUT2D eigenvalue weighted by Crippen LogP contribution is 2.19. The number of guanidine groups is 1. The summed E-state index contributed by atoms with van der Waals surface area (Å²) < 4.78 is 10.7. The summed E-state index contributed by atoms with van der Waals surface area (Å²) in [6.07, 6.45) is 3.96. The van der Waals surface area contributed by atoms with Gasteiger partial charge >= 0.3 is 6.09 Å². The van der Waals surface area contributed by atoms with Crippen LogP contribution in [0.5, 0.6) is 0 Å². The minimum absolute atomic E-state index is 0.202. The Balaban J connectivity index is 1.84. The van der Waals surface area contributed by atoms with Crippen molar-refractivity contribution in [2.45, 2.75) is 58.5 Å². The number of ether oxygens (including phenoxy) is 2. The van der Waals surface area contributed by atoms with E-state index < -0.39 is 0 Å². The molecule has 2 saturated heterocycles. The quantitative estimate of drug-likeness (QED) is 0.469. The molecule has 0 radical (unpaired) electrons. The van der Waals surface area contributed by atoms with Crippen LogP contribution in [0.25, 0.3) is 0 Å². The number of piperidine rings is 1. The minimum Gasteiger partial charge on any atom is -0.450 e. The van der Waals surface area contributed by atoms with Crippen molar-refractivity contribution in [1.82, 2.24) is 20.4 Å². The van der Waals surface area contributed by atoms with Gasteiger partial charge in [-0.25, -0.2) is 4.79 Å². The zero-order chi connectivity index (χ0) is 21.1. The number of hydrogen-bond donors (Lipinski definition) is 2. The number of rotatable bonds is 8. The Morgan fingerprint density at radius 3 is 2.34 bits per heavy atom. The molecular weight excluding hydrogens is 370 g/mol. The van der Waals surface area contributed by atoms with Crippen molar-refractivity contribution >= 4 is 12.1 Å². The smallest absolute Gasteiger partial charge is 0.409 e. The van der Waals surface area contributed by atoms with E-state index in [9.17, 15) is 4.79 Å². The van der Waals surface area contributed by atoms with Crippen molar-refractivity contribution in [1.29, 1.82) is 0 Å². The number of carbonyl (C=O) groups excluding carboxylic acids is 1. The summed E-state index contributed by atoms with van der Waals surface area (Å²) in [5.41, 5.74) is 0. The van der Waals surface area contributed by atoms with E-state index in [2.05, 4.69) is 34.4 Å². The first-order valence-corrected chi connectivity index (χ1v) is 11.3. The molecule has 1 unspecified atom stereocenters. The highest BCUT2D eigenvalue weighted by Gasteiger charge is 2.28. The lowest BCUT2D eigenvalue weighted by atomic mass is 9.92. The monoisotopic (exact) mass is 411 g/mol. The van der Waals surface area contributed by atoms with Gasteiger partial charge in [-0.05, 0) is 25.7 Å². The van der Waals surface area contributed by atoms with E-state index >= 15 is 0 Å². The van der Waals surface area contributed by atoms with Gasteiger partial charge in [-0.3, -0.25) is 9.89 Å². The van der Waals surface area contributed by atoms with E-state index in [1.807, 2.05) is 14.0 Å². The van der Waals surface area contributed by atoms with Gasteiger partial charge in [0.15, 0.2) is 5.96 Å². The number of amides is 1. The summed E-state index contributed by atoms with van der Waals surface area (Å²) in [4.78, 5) is 20.7. The molecule has 2 N–H and O–H groups in total. The molecule has 0 saturated carbocycles. The number of nitrogens with one attached hydrogen (secondary N) is 2. The van der Waals surface area contributed by atoms with Crippen LogP contribution in [0.15, 0.2) is 4.99 Å². The summed E-state index contributed by atoms with van der Waals surface area (Å²) in [5, 5.41) is 7.12. The van der Waals surface area contributed by atoms with Gasteiger partial charge in [-0.1, -0.05) is 26.7 Å². The number of morpholine rings is 1. The van der Waals surface area contributed by atoms with E-state index in [1.165, 1.54) is 12.8 Å². The Bertz CT molecular complexity index is 499. The number of nitrogens with zero attached hydrogens (tertiary/aromatic N) is 3. The Morgan fingerprint density at radius 2 is 1.79 bits per heavy atom. The molecule has 0 bridgehead atoms. The van der Waals surface area contributed by atoms with Crippen LogP contribution in [-0.2, 0) is 9.47 Å². The van der Waals surface area contributed by atoms with Crippen LogP contribution in [0, 0.1) is 5.92 Å². The van der Waals surface area contributed by atoms with Crippen LogP contribution in [0.3, 0.4) is 0 Å². The lowest BCUT2D eigenvalue weighted by molar-refractivity contribution is 0.00270. The van der Waals surface area contributed by atoms with Gasteiger partial charge in [0.2, 0.25) is 0 Å². The Labute approximate surface area is 176 Å². The van der Waals surface area contributed by atoms with E-state index in [1.54, 1.807) is 4.90 Å². The molecule has 29 heavy (non-hydrogen) atoms. The van der Waals surface area contributed by atoms with E-state index in [-0.39, 0.29) is 6.09 Å². The van der Waals surface area contributed by atoms with Gasteiger partial charge in [0.1, 0.15) is 0 Å². The number of hydrogen-bond acceptors (Lipinski definition) is 5. The highest BCUT2D eigenvalue weighted by atomic mass is 16.6. The maximum absolute atomic E-state index is 11.9. The summed E-state index contributed by atoms with van der Waals surface area (Å²) in [6, 6.07) is 0.806. The van der Waals surface area contributed by atoms with Crippen LogP contribution in [0.2, 0.25) is 0 Å². The Kier molecular flexibility index (Phi) is 10.6. The van der Waals surface area contributed by atoms with Crippen molar-refractivity contribution in [3.8, 4) is 0 Å². The first-order valence-electron chi connectivity index (χ1n) is 11.3. The Morgan fingerprint density at radius 1 is 1.14 bits per heavy atom. The zero-order valence-electron chi connectivity index (χ0n) is 18.8. The largest absolute Gasteiger partial charge is 0.450 e. The molecule has 2 aliphatic rings. The first kappa shape index (κ1) is 23.7. The average molecular weight is 412 g/mol. The molecule has 1 amide bonds. The van der Waals surface area contributed by atoms with Crippen molar-refractivity contribution in [3.63, 3.8) is 0 Å². The van der Waals surface area contributed by atoms with Crippen molar-refractivity contribution in [2.24, 2.45) is 10.9 Å². The number of aliphatic imine (C=N–C) groups is 1. The third-order valence-corrected chi connectivity index (χ3v) is 6.17. The molecule has 2 fully saturated rings. The minimum atomic E-state index is -0.202. The molecule has 0 aromatic heterocycles. The highest BCUT2D eigenvalue weighted by molar-refractivity contribution is 5.80. The molecule has 8 heteroatoms. The van der Waals surface area contributed by atoms with Crippen molar-refractivity contribution < 1.29 is 14.3 Å². The maximum atomic E-state index is 11.9. The second-order valence-corrected chi connectivity index (χ2v) is 7.85. The lowest BCUT2D eigenvalue weighted by Gasteiger charge is -2.39. The van der Waals surface area contributed by atoms with Crippen LogP contribution < -0.4 is 10.6 Å². The SMILES string of the molecule is CCOC(=O)N1CCC(NC(=NC)NCC(C(CC)CC)N2CCOCC2)CC1. The lowest BCUT2D eigenvalue weighted by Crippen LogP contribution is -2.55. The summed E-state index contributed by atoms with van der Waals surface area (Å²) in [7, 11) is 1.82. The topological polar surface area (TPSA) is 78.4 Å². The van der Waals surface area contributed by atoms with Crippen molar-refractivity contribution in [3.05, 3.63) is 0 Å². The van der Waals surface area contributed by atoms with Crippen LogP contribution in [-0.4, -0.2) is 93.5 Å². The fourth-order valence-corrected chi connectivity index (χ4v) is 4.35. The first-order chi connectivity index (χ1) is 14.1. The van der Waals surface area contributed by atoms with Gasteiger partial charge in [0.25, 0.3) is 0 Å². The van der Waals surface area contributed by atoms with Crippen LogP contribution in [0.1, 0.15) is 46.5 Å². The molecule has 0 aliphatic carbocycles. The predicted molar refractivity (Wildman–Crippen MR) is 116 cm³/mol. The zero-order valence-corrected chi connectivity index (χ0v) is 18.8. The van der Waals surface area contributed by atoms with Crippen molar-refractivity contribution in [2.75, 3.05) is 59.6 Å². The third-order valence-electron chi connectivity index (χ3n) is 6.17. The molecule has 2 rings (SSSR count). The van der Waals surface area contributed by atoms with E-state index in [4.69, 9.17) is 9.47 Å². The summed E-state index contributed by atoms with van der Waals surface area (Å²) >= 11 is 0. The summed E-state index contributed by atoms with van der Waals surface area (Å²) in [6.45, 7) is 12.8. The predicted octanol–water partition coefficient (Wildman–Crippen LogP) is 1.91. The van der Waals surface area contributed by atoms with E-state index in [0.717, 1.165) is 64.7 Å². The second kappa shape index (κ2) is 12.9. The molecule has 8 nitrogen and oxygen atoms in total. The molecular formula is C21H41N5O3. The Hall–Kier alpha value is -1.54. The molecule has 168 valence electrons. The average Bonchev–Trinajstić information content (AvgIpc) is 2.77. The second-order valence-electron chi connectivity index (χ2n) is 7.85. The van der Waals surface area contributed by atoms with Crippen LogP contribution in [0.4, 0.5) is 4.79 Å². The van der Waals surface area contributed by atoms with Gasteiger partial charge in [0, 0.05) is 51.9 Å². The van der Waals surface area contributed by atoms with Gasteiger partial charge in [-0.15, -0.1) is 0 Å². The molecule has 0 aromatic rings. The summed E-state index contributed by atoms with van der Waals surface area (Å²) in [5.74, 6) is 1.51. The molecule has 0 aromatic carbocycles. The molecule has 2 aliphatic heterocycles. The fourth-order valence-electron chi connectivity index (χ4n) is 4.35. The fraction of sp³-hybridized carbons (Fsp3) is 0.905. The molecule has 1 atom stereocenters. The third kappa shape index (κ3) is 7.33. The van der Waals surface area contributed by atoms with E-state index in [0.29, 0.717) is 24.6 Å². The normalized spacial score (nSPS) is 20.6. The standard InChI is InChI=1S/C21H41N5O3/c1-5-17(6-2)19(25-12-14-28-15-13-25)16-23-20(22-4)24-18-8-10-26(11-9-18)21(27)29-7-3/h17-19H,5-16H2,1-4H3,(H2,22,23,24). The number of likely N-dealkylation sites (tertiary alicyclic amines) is 1.